The predicted molar refractivity (Wildman–Crippen MR) is 136 cm³/mol. The number of hydrogen-bond acceptors (Lipinski definition) is 7. The first-order chi connectivity index (χ1) is 17.4. The minimum Gasteiger partial charge on any atom is -0.340 e. The smallest absolute Gasteiger partial charge is 0.228 e. The van der Waals surface area contributed by atoms with Crippen molar-refractivity contribution in [2.24, 2.45) is 0 Å². The molecular formula is C26H29FN8O. The molecule has 2 N–H and O–H groups in total. The summed E-state index contributed by atoms with van der Waals surface area (Å²) in [7, 11) is 0. The van der Waals surface area contributed by atoms with Crippen LogP contribution in [0.3, 0.4) is 0 Å². The van der Waals surface area contributed by atoms with Gasteiger partial charge in [0.2, 0.25) is 11.9 Å². The molecule has 0 unspecified atom stereocenters. The van der Waals surface area contributed by atoms with Gasteiger partial charge in [-0.15, -0.1) is 0 Å². The van der Waals surface area contributed by atoms with E-state index in [9.17, 15) is 9.18 Å². The van der Waals surface area contributed by atoms with Crippen LogP contribution >= 0.6 is 0 Å². The number of carbonyl (C=O) groups is 1. The van der Waals surface area contributed by atoms with Crippen LogP contribution in [0.25, 0.3) is 22.2 Å². The summed E-state index contributed by atoms with van der Waals surface area (Å²) in [6.45, 7) is 9.69. The van der Waals surface area contributed by atoms with Gasteiger partial charge in [0.1, 0.15) is 11.3 Å². The first kappa shape index (κ1) is 23.8. The number of H-pyrrole nitrogens is 1. The average molecular weight is 489 g/mol. The Labute approximate surface area is 208 Å². The lowest BCUT2D eigenvalue weighted by Gasteiger charge is -2.34. The Bertz CT molecular complexity index is 1380. The van der Waals surface area contributed by atoms with E-state index in [1.807, 2.05) is 43.1 Å². The van der Waals surface area contributed by atoms with E-state index in [0.29, 0.717) is 28.5 Å². The number of nitrogens with one attached hydrogen (secondary N) is 2. The predicted octanol–water partition coefficient (Wildman–Crippen LogP) is 4.09. The van der Waals surface area contributed by atoms with Crippen LogP contribution in [0.2, 0.25) is 0 Å². The van der Waals surface area contributed by atoms with E-state index >= 15 is 0 Å². The molecule has 0 bridgehead atoms. The van der Waals surface area contributed by atoms with Crippen LogP contribution < -0.4 is 5.32 Å². The Kier molecular flexibility index (Phi) is 6.60. The number of pyridine rings is 1. The zero-order chi connectivity index (χ0) is 25.2. The molecule has 0 aliphatic carbocycles. The number of fused-ring (bicyclic) bond motifs is 1. The molecule has 4 aromatic rings. The van der Waals surface area contributed by atoms with Crippen molar-refractivity contribution in [1.82, 2.24) is 34.9 Å². The highest BCUT2D eigenvalue weighted by molar-refractivity contribution is 5.87. The van der Waals surface area contributed by atoms with Gasteiger partial charge in [0.05, 0.1) is 5.69 Å². The molecule has 1 saturated heterocycles. The Morgan fingerprint density at radius 2 is 1.94 bits per heavy atom. The zero-order valence-electron chi connectivity index (χ0n) is 20.6. The number of halogens is 1. The van der Waals surface area contributed by atoms with E-state index in [4.69, 9.17) is 0 Å². The molecule has 0 radical (unpaired) electrons. The van der Waals surface area contributed by atoms with Crippen molar-refractivity contribution in [2.75, 3.05) is 31.5 Å². The van der Waals surface area contributed by atoms with Crippen molar-refractivity contribution in [3.05, 3.63) is 59.8 Å². The van der Waals surface area contributed by atoms with Crippen molar-refractivity contribution < 1.29 is 9.18 Å². The summed E-state index contributed by atoms with van der Waals surface area (Å²) >= 11 is 0. The number of rotatable bonds is 6. The maximum absolute atomic E-state index is 14.7. The quantitative estimate of drug-likeness (QED) is 0.421. The molecule has 36 heavy (non-hydrogen) atoms. The number of aromatic nitrogens is 5. The van der Waals surface area contributed by atoms with Gasteiger partial charge in [-0.3, -0.25) is 14.8 Å². The van der Waals surface area contributed by atoms with Gasteiger partial charge in [0.25, 0.3) is 0 Å². The Balaban J connectivity index is 1.28. The maximum Gasteiger partial charge on any atom is 0.228 e. The number of carbonyl (C=O) groups excluding carboxylic acids is 1. The summed E-state index contributed by atoms with van der Waals surface area (Å²) in [4.78, 5) is 29.1. The minimum absolute atomic E-state index is 0.130. The molecule has 0 spiro atoms. The highest BCUT2D eigenvalue weighted by Gasteiger charge is 2.19. The second kappa shape index (κ2) is 9.98. The summed E-state index contributed by atoms with van der Waals surface area (Å²) in [5.74, 6) is 0.927. The van der Waals surface area contributed by atoms with E-state index in [2.05, 4.69) is 35.4 Å². The summed E-state index contributed by atoms with van der Waals surface area (Å²) in [6.07, 6.45) is 3.47. The van der Waals surface area contributed by atoms with Gasteiger partial charge >= 0.3 is 0 Å². The lowest BCUT2D eigenvalue weighted by molar-refractivity contribution is -0.130. The standard InChI is InChI=1S/C26H29FN8O/c1-16(2)24-20-12-19(13-21(27)25(20)33-32-24)22-6-7-28-26(30-22)31-23-5-4-18(14-29-23)15-34-8-10-35(11-9-34)17(3)36/h4-7,12-14,16H,8-11,15H2,1-3H3,(H,32,33)(H,28,29,30,31). The Morgan fingerprint density at radius 3 is 2.64 bits per heavy atom. The largest absolute Gasteiger partial charge is 0.340 e. The van der Waals surface area contributed by atoms with Crippen LogP contribution in [0.15, 0.2) is 42.7 Å². The second-order valence-corrected chi connectivity index (χ2v) is 9.37. The summed E-state index contributed by atoms with van der Waals surface area (Å²) in [5, 5.41) is 11.0. The number of anilines is 2. The van der Waals surface area contributed by atoms with Gasteiger partial charge in [0, 0.05) is 68.7 Å². The van der Waals surface area contributed by atoms with Crippen LogP contribution in [0, 0.1) is 5.82 Å². The number of aromatic amines is 1. The van der Waals surface area contributed by atoms with Crippen LogP contribution in [-0.2, 0) is 11.3 Å². The molecule has 0 atom stereocenters. The normalized spacial score (nSPS) is 14.5. The monoisotopic (exact) mass is 488 g/mol. The topological polar surface area (TPSA) is 103 Å². The third-order valence-electron chi connectivity index (χ3n) is 6.46. The van der Waals surface area contributed by atoms with Crippen LogP contribution in [-0.4, -0.2) is 67.0 Å². The Morgan fingerprint density at radius 1 is 1.14 bits per heavy atom. The van der Waals surface area contributed by atoms with E-state index in [1.54, 1.807) is 19.2 Å². The van der Waals surface area contributed by atoms with Crippen LogP contribution in [0.1, 0.15) is 37.9 Å². The van der Waals surface area contributed by atoms with E-state index in [1.165, 1.54) is 6.07 Å². The summed E-state index contributed by atoms with van der Waals surface area (Å²) in [6, 6.07) is 9.02. The molecule has 0 saturated carbocycles. The third-order valence-corrected chi connectivity index (χ3v) is 6.46. The lowest BCUT2D eigenvalue weighted by atomic mass is 10.0. The van der Waals surface area contributed by atoms with E-state index in [0.717, 1.165) is 49.4 Å². The summed E-state index contributed by atoms with van der Waals surface area (Å²) < 4.78 is 14.7. The average Bonchev–Trinajstić information content (AvgIpc) is 3.31. The molecule has 1 amide bonds. The zero-order valence-corrected chi connectivity index (χ0v) is 20.6. The fourth-order valence-corrected chi connectivity index (χ4v) is 4.45. The first-order valence-electron chi connectivity index (χ1n) is 12.1. The fraction of sp³-hybridized carbons (Fsp3) is 0.346. The SMILES string of the molecule is CC(=O)N1CCN(Cc2ccc(Nc3nccc(-c4cc(F)c5n[nH]c(C(C)C)c5c4)n3)nc2)CC1. The molecule has 186 valence electrons. The van der Waals surface area contributed by atoms with Crippen molar-refractivity contribution in [2.45, 2.75) is 33.2 Å². The number of benzene rings is 1. The second-order valence-electron chi connectivity index (χ2n) is 9.37. The first-order valence-corrected chi connectivity index (χ1v) is 12.1. The molecule has 1 aliphatic rings. The van der Waals surface area contributed by atoms with E-state index < -0.39 is 5.82 Å². The molecule has 5 rings (SSSR count). The van der Waals surface area contributed by atoms with Gasteiger partial charge in [-0.05, 0) is 35.7 Å². The number of hydrogen-bond donors (Lipinski definition) is 2. The molecule has 3 aromatic heterocycles. The number of nitrogens with zero attached hydrogens (tertiary/aromatic N) is 6. The van der Waals surface area contributed by atoms with Gasteiger partial charge in [-0.1, -0.05) is 19.9 Å². The van der Waals surface area contributed by atoms with Crippen molar-refractivity contribution >= 4 is 28.6 Å². The number of amides is 1. The molecule has 4 heterocycles. The number of piperazine rings is 1. The maximum atomic E-state index is 14.7. The molecule has 9 nitrogen and oxygen atoms in total. The van der Waals surface area contributed by atoms with Crippen molar-refractivity contribution in [1.29, 1.82) is 0 Å². The minimum atomic E-state index is -0.390. The van der Waals surface area contributed by atoms with Crippen LogP contribution in [0.4, 0.5) is 16.2 Å². The van der Waals surface area contributed by atoms with Gasteiger partial charge in [0.15, 0.2) is 5.82 Å². The fourth-order valence-electron chi connectivity index (χ4n) is 4.45. The Hall–Kier alpha value is -3.92. The van der Waals surface area contributed by atoms with E-state index in [-0.39, 0.29) is 11.8 Å². The van der Waals surface area contributed by atoms with Crippen LogP contribution in [0.5, 0.6) is 0 Å². The summed E-state index contributed by atoms with van der Waals surface area (Å²) in [5.41, 5.74) is 3.58. The van der Waals surface area contributed by atoms with Crippen molar-refractivity contribution in [3.8, 4) is 11.3 Å². The van der Waals surface area contributed by atoms with Crippen molar-refractivity contribution in [3.63, 3.8) is 0 Å². The molecule has 1 aliphatic heterocycles. The highest BCUT2D eigenvalue weighted by atomic mass is 19.1. The molecule has 10 heteroatoms. The van der Waals surface area contributed by atoms with Gasteiger partial charge in [-0.25, -0.2) is 19.3 Å². The molecule has 1 aromatic carbocycles. The third kappa shape index (κ3) is 5.03. The van der Waals surface area contributed by atoms with Gasteiger partial charge in [-0.2, -0.15) is 5.10 Å². The highest BCUT2D eigenvalue weighted by Crippen LogP contribution is 2.30. The molecule has 1 fully saturated rings. The lowest BCUT2D eigenvalue weighted by Crippen LogP contribution is -2.47. The molecular weight excluding hydrogens is 459 g/mol. The van der Waals surface area contributed by atoms with Gasteiger partial charge < -0.3 is 10.2 Å².